The molecule has 0 amide bonds. The van der Waals surface area contributed by atoms with Gasteiger partial charge in [-0.1, -0.05) is 46.5 Å². The Balaban J connectivity index is 3.70. The summed E-state index contributed by atoms with van der Waals surface area (Å²) in [4.78, 5) is 0. The Labute approximate surface area is 80.7 Å². The minimum Gasteiger partial charge on any atom is -0.131 e. The van der Waals surface area contributed by atoms with E-state index in [0.29, 0.717) is 5.16 Å². The minimum atomic E-state index is 0.562. The van der Waals surface area contributed by atoms with E-state index in [0.717, 1.165) is 0 Å². The third-order valence-electron chi connectivity index (χ3n) is 2.76. The lowest BCUT2D eigenvalue weighted by Gasteiger charge is -2.27. The van der Waals surface area contributed by atoms with Gasteiger partial charge in [-0.05, 0) is 24.4 Å². The maximum atomic E-state index is 3.09. The summed E-state index contributed by atoms with van der Waals surface area (Å²) < 4.78 is 0. The van der Waals surface area contributed by atoms with E-state index in [9.17, 15) is 0 Å². The van der Waals surface area contributed by atoms with Crippen LogP contribution in [0, 0.1) is 0 Å². The molecule has 0 aromatic rings. The highest BCUT2D eigenvalue weighted by molar-refractivity contribution is 7.18. The maximum Gasteiger partial charge on any atom is -0.0153 e. The molecule has 0 N–H and O–H groups in total. The van der Waals surface area contributed by atoms with Gasteiger partial charge in [-0.15, -0.1) is 9.24 Å². The van der Waals surface area contributed by atoms with Gasteiger partial charge in [0.25, 0.3) is 0 Å². The molecule has 0 saturated carbocycles. The lowest BCUT2D eigenvalue weighted by molar-refractivity contribution is 0.452. The van der Waals surface area contributed by atoms with Gasteiger partial charge in [0.1, 0.15) is 0 Å². The summed E-state index contributed by atoms with van der Waals surface area (Å²) in [6, 6.07) is 0. The van der Waals surface area contributed by atoms with Crippen molar-refractivity contribution < 1.29 is 0 Å². The van der Waals surface area contributed by atoms with Crippen LogP contribution in [0.3, 0.4) is 0 Å². The highest BCUT2D eigenvalue weighted by Gasteiger charge is 2.20. The fourth-order valence-corrected chi connectivity index (χ4v) is 1.94. The summed E-state index contributed by atoms with van der Waals surface area (Å²) in [6.45, 7) is 6.87. The highest BCUT2D eigenvalue weighted by Crippen LogP contribution is 2.34. The minimum absolute atomic E-state index is 0.562. The summed E-state index contributed by atoms with van der Waals surface area (Å²) in [6.07, 6.45) is 9.56. The number of hydrogen-bond donors (Lipinski definition) is 0. The molecule has 0 bridgehead atoms. The molecule has 12 heavy (non-hydrogen) atoms. The third-order valence-corrected chi connectivity index (χ3v) is 3.75. The molecule has 1 atom stereocenters. The van der Waals surface area contributed by atoms with Crippen LogP contribution in [0.5, 0.6) is 0 Å². The van der Waals surface area contributed by atoms with Crippen LogP contribution in [-0.4, -0.2) is 5.16 Å². The Morgan fingerprint density at radius 2 is 1.33 bits per heavy atom. The molecule has 0 aromatic heterocycles. The molecule has 0 rings (SSSR count). The first-order valence-electron chi connectivity index (χ1n) is 5.47. The van der Waals surface area contributed by atoms with E-state index < -0.39 is 0 Å². The Morgan fingerprint density at radius 1 is 0.917 bits per heavy atom. The molecule has 0 fully saturated rings. The zero-order valence-corrected chi connectivity index (χ0v) is 10.2. The van der Waals surface area contributed by atoms with E-state index in [1.54, 1.807) is 0 Å². The Kier molecular flexibility index (Phi) is 7.14. The molecule has 0 saturated heterocycles. The van der Waals surface area contributed by atoms with Crippen molar-refractivity contribution >= 4 is 9.24 Å². The van der Waals surface area contributed by atoms with Gasteiger partial charge in [-0.25, -0.2) is 0 Å². The first kappa shape index (κ1) is 12.4. The second-order valence-corrected chi connectivity index (χ2v) is 5.15. The zero-order valence-electron chi connectivity index (χ0n) is 9.03. The molecule has 0 radical (unpaired) electrons. The van der Waals surface area contributed by atoms with E-state index in [1.807, 2.05) is 0 Å². The van der Waals surface area contributed by atoms with Crippen LogP contribution in [0.1, 0.15) is 65.7 Å². The topological polar surface area (TPSA) is 0 Å². The summed E-state index contributed by atoms with van der Waals surface area (Å²) in [5.41, 5.74) is 0. The van der Waals surface area contributed by atoms with Gasteiger partial charge in [0.15, 0.2) is 0 Å². The lowest BCUT2D eigenvalue weighted by Crippen LogP contribution is -2.18. The van der Waals surface area contributed by atoms with Gasteiger partial charge in [0, 0.05) is 0 Å². The predicted molar refractivity (Wildman–Crippen MR) is 61.8 cm³/mol. The summed E-state index contributed by atoms with van der Waals surface area (Å²) in [7, 11) is 3.09. The van der Waals surface area contributed by atoms with E-state index in [4.69, 9.17) is 0 Å². The van der Waals surface area contributed by atoms with E-state index >= 15 is 0 Å². The van der Waals surface area contributed by atoms with Crippen LogP contribution in [0.15, 0.2) is 0 Å². The second-order valence-electron chi connectivity index (χ2n) is 3.92. The number of hydrogen-bond acceptors (Lipinski definition) is 0. The van der Waals surface area contributed by atoms with Crippen molar-refractivity contribution in [2.24, 2.45) is 0 Å². The molecular formula is C11H25P. The SMILES string of the molecule is CCCCC(P)(CC)CCCC. The molecular weight excluding hydrogens is 163 g/mol. The standard InChI is InChI=1S/C11H25P/c1-4-7-9-11(12,6-3)10-8-5-2/h4-10,12H2,1-3H3. The van der Waals surface area contributed by atoms with E-state index in [2.05, 4.69) is 30.0 Å². The molecule has 0 aliphatic carbocycles. The average Bonchev–Trinajstić information content (AvgIpc) is 2.11. The van der Waals surface area contributed by atoms with Crippen molar-refractivity contribution in [2.45, 2.75) is 70.9 Å². The van der Waals surface area contributed by atoms with Crippen LogP contribution in [-0.2, 0) is 0 Å². The highest BCUT2D eigenvalue weighted by atomic mass is 31.0. The molecule has 0 aliphatic rings. The molecule has 1 unspecified atom stereocenters. The lowest BCUT2D eigenvalue weighted by atomic mass is 9.92. The van der Waals surface area contributed by atoms with Gasteiger partial charge in [-0.3, -0.25) is 0 Å². The molecule has 0 aliphatic heterocycles. The van der Waals surface area contributed by atoms with Crippen molar-refractivity contribution in [2.75, 3.05) is 0 Å². The van der Waals surface area contributed by atoms with Crippen molar-refractivity contribution in [1.29, 1.82) is 0 Å². The van der Waals surface area contributed by atoms with Crippen molar-refractivity contribution in [3.63, 3.8) is 0 Å². The largest absolute Gasteiger partial charge is 0.131 e. The van der Waals surface area contributed by atoms with Crippen molar-refractivity contribution in [1.82, 2.24) is 0 Å². The average molecular weight is 188 g/mol. The van der Waals surface area contributed by atoms with Gasteiger partial charge in [0.05, 0.1) is 0 Å². The van der Waals surface area contributed by atoms with Gasteiger partial charge < -0.3 is 0 Å². The smallest absolute Gasteiger partial charge is 0.0153 e. The molecule has 0 spiro atoms. The second kappa shape index (κ2) is 6.89. The quantitative estimate of drug-likeness (QED) is 0.520. The molecule has 74 valence electrons. The number of unbranched alkanes of at least 4 members (excludes halogenated alkanes) is 2. The number of rotatable bonds is 7. The first-order valence-corrected chi connectivity index (χ1v) is 6.05. The maximum absolute atomic E-state index is 3.09. The van der Waals surface area contributed by atoms with Crippen LogP contribution < -0.4 is 0 Å². The van der Waals surface area contributed by atoms with Crippen LogP contribution in [0.2, 0.25) is 0 Å². The summed E-state index contributed by atoms with van der Waals surface area (Å²) in [5.74, 6) is 0. The molecule has 0 nitrogen and oxygen atoms in total. The third kappa shape index (κ3) is 5.14. The first-order chi connectivity index (χ1) is 5.68. The molecule has 0 heterocycles. The van der Waals surface area contributed by atoms with Gasteiger partial charge in [0.2, 0.25) is 0 Å². The monoisotopic (exact) mass is 188 g/mol. The van der Waals surface area contributed by atoms with Gasteiger partial charge in [-0.2, -0.15) is 0 Å². The van der Waals surface area contributed by atoms with Gasteiger partial charge >= 0.3 is 0 Å². The van der Waals surface area contributed by atoms with Crippen LogP contribution in [0.4, 0.5) is 0 Å². The van der Waals surface area contributed by atoms with E-state index in [1.165, 1.54) is 44.9 Å². The molecule has 1 heteroatoms. The normalized spacial score (nSPS) is 12.0. The van der Waals surface area contributed by atoms with Crippen molar-refractivity contribution in [3.05, 3.63) is 0 Å². The Hall–Kier alpha value is 0.430. The summed E-state index contributed by atoms with van der Waals surface area (Å²) >= 11 is 0. The van der Waals surface area contributed by atoms with Crippen LogP contribution >= 0.6 is 9.24 Å². The fraction of sp³-hybridized carbons (Fsp3) is 1.00. The van der Waals surface area contributed by atoms with Crippen LogP contribution in [0.25, 0.3) is 0 Å². The summed E-state index contributed by atoms with van der Waals surface area (Å²) in [5, 5.41) is 0.562. The Morgan fingerprint density at radius 3 is 1.58 bits per heavy atom. The zero-order chi connectivity index (χ0) is 9.45. The van der Waals surface area contributed by atoms with Crippen molar-refractivity contribution in [3.8, 4) is 0 Å². The Bertz CT molecular complexity index is 91.2. The predicted octanol–water partition coefficient (Wildman–Crippen LogP) is 4.39. The molecule has 0 aromatic carbocycles. The van der Waals surface area contributed by atoms with E-state index in [-0.39, 0.29) is 0 Å². The fourth-order valence-electron chi connectivity index (χ4n) is 1.54.